The van der Waals surface area contributed by atoms with Crippen molar-refractivity contribution in [2.24, 2.45) is 11.8 Å². The lowest BCUT2D eigenvalue weighted by Gasteiger charge is -2.36. The second-order valence-corrected chi connectivity index (χ2v) is 5.67. The normalized spacial score (nSPS) is 30.1. The molecule has 1 amide bonds. The molecule has 0 unspecified atom stereocenters. The molecule has 1 saturated heterocycles. The minimum absolute atomic E-state index is 0.0139. The van der Waals surface area contributed by atoms with Crippen LogP contribution in [0.15, 0.2) is 0 Å². The predicted octanol–water partition coefficient (Wildman–Crippen LogP) is 2.66. The second-order valence-electron chi connectivity index (χ2n) is 4.57. The first-order valence-corrected chi connectivity index (χ1v) is 6.39. The van der Waals surface area contributed by atoms with Crippen molar-refractivity contribution in [3.8, 4) is 0 Å². The van der Waals surface area contributed by atoms with E-state index >= 15 is 0 Å². The minimum atomic E-state index is 0.0139. The predicted molar refractivity (Wildman–Crippen MR) is 62.5 cm³/mol. The van der Waals surface area contributed by atoms with Crippen LogP contribution in [0.5, 0.6) is 0 Å². The summed E-state index contributed by atoms with van der Waals surface area (Å²) in [5.41, 5.74) is 0. The maximum absolute atomic E-state index is 11.9. The van der Waals surface area contributed by atoms with Crippen molar-refractivity contribution in [1.29, 1.82) is 0 Å². The number of carbonyl (C=O) groups is 1. The van der Waals surface area contributed by atoms with E-state index in [0.717, 1.165) is 19.5 Å². The van der Waals surface area contributed by atoms with Crippen molar-refractivity contribution in [3.05, 3.63) is 0 Å². The molecule has 1 heterocycles. The van der Waals surface area contributed by atoms with Gasteiger partial charge < -0.3 is 4.90 Å². The van der Waals surface area contributed by atoms with Crippen LogP contribution in [0.25, 0.3) is 0 Å². The van der Waals surface area contributed by atoms with Gasteiger partial charge in [-0.05, 0) is 24.7 Å². The van der Waals surface area contributed by atoms with E-state index in [0.29, 0.717) is 11.8 Å². The SMILES string of the molecule is CC[C@H](Br)C(=O)N1C[C@H](C)C[C@@H](C)C1. The van der Waals surface area contributed by atoms with Crippen LogP contribution in [-0.2, 0) is 4.79 Å². The van der Waals surface area contributed by atoms with Crippen LogP contribution in [0.4, 0.5) is 0 Å². The Balaban J connectivity index is 2.54. The fourth-order valence-corrected chi connectivity index (χ4v) is 2.51. The van der Waals surface area contributed by atoms with Gasteiger partial charge in [-0.15, -0.1) is 0 Å². The summed E-state index contributed by atoms with van der Waals surface area (Å²) in [6.45, 7) is 8.36. The standard InChI is InChI=1S/C11H20BrNO/c1-4-10(12)11(14)13-6-8(2)5-9(3)7-13/h8-10H,4-7H2,1-3H3/t8-,9-,10+/m1/s1. The fraction of sp³-hybridized carbons (Fsp3) is 0.909. The van der Waals surface area contributed by atoms with E-state index in [-0.39, 0.29) is 10.7 Å². The number of carbonyl (C=O) groups excluding carboxylic acids is 1. The van der Waals surface area contributed by atoms with Crippen molar-refractivity contribution < 1.29 is 4.79 Å². The lowest BCUT2D eigenvalue weighted by molar-refractivity contribution is -0.133. The number of piperidine rings is 1. The average Bonchev–Trinajstić information content (AvgIpc) is 2.14. The molecule has 82 valence electrons. The van der Waals surface area contributed by atoms with Gasteiger partial charge in [-0.25, -0.2) is 0 Å². The van der Waals surface area contributed by atoms with E-state index in [1.54, 1.807) is 0 Å². The molecule has 0 radical (unpaired) electrons. The third-order valence-corrected chi connectivity index (χ3v) is 3.85. The molecule has 3 heteroatoms. The average molecular weight is 262 g/mol. The van der Waals surface area contributed by atoms with Gasteiger partial charge in [0, 0.05) is 13.1 Å². The molecular weight excluding hydrogens is 242 g/mol. The van der Waals surface area contributed by atoms with Crippen molar-refractivity contribution in [2.75, 3.05) is 13.1 Å². The van der Waals surface area contributed by atoms with Crippen LogP contribution in [0.2, 0.25) is 0 Å². The lowest BCUT2D eigenvalue weighted by atomic mass is 9.91. The molecule has 0 aromatic rings. The van der Waals surface area contributed by atoms with Crippen molar-refractivity contribution in [2.45, 2.75) is 38.4 Å². The summed E-state index contributed by atoms with van der Waals surface area (Å²) in [6.07, 6.45) is 2.13. The first-order chi connectivity index (χ1) is 6.54. The number of hydrogen-bond donors (Lipinski definition) is 0. The van der Waals surface area contributed by atoms with E-state index in [2.05, 4.69) is 29.8 Å². The van der Waals surface area contributed by atoms with Crippen molar-refractivity contribution >= 4 is 21.8 Å². The molecule has 0 N–H and O–H groups in total. The van der Waals surface area contributed by atoms with Crippen LogP contribution < -0.4 is 0 Å². The van der Waals surface area contributed by atoms with Gasteiger partial charge in [-0.3, -0.25) is 4.79 Å². The van der Waals surface area contributed by atoms with Crippen LogP contribution in [-0.4, -0.2) is 28.7 Å². The monoisotopic (exact) mass is 261 g/mol. The zero-order valence-electron chi connectivity index (χ0n) is 9.29. The third kappa shape index (κ3) is 2.97. The molecule has 1 aliphatic rings. The number of hydrogen-bond acceptors (Lipinski definition) is 1. The maximum atomic E-state index is 11.9. The highest BCUT2D eigenvalue weighted by molar-refractivity contribution is 9.10. The Morgan fingerprint density at radius 2 is 1.93 bits per heavy atom. The van der Waals surface area contributed by atoms with E-state index in [1.807, 2.05) is 11.8 Å². The molecule has 14 heavy (non-hydrogen) atoms. The number of amides is 1. The first-order valence-electron chi connectivity index (χ1n) is 5.47. The van der Waals surface area contributed by atoms with Gasteiger partial charge in [0.05, 0.1) is 4.83 Å². The van der Waals surface area contributed by atoms with Gasteiger partial charge in [0.2, 0.25) is 5.91 Å². The molecule has 1 aliphatic heterocycles. The van der Waals surface area contributed by atoms with Gasteiger partial charge in [-0.1, -0.05) is 36.7 Å². The first kappa shape index (κ1) is 12.0. The Morgan fingerprint density at radius 1 is 1.43 bits per heavy atom. The van der Waals surface area contributed by atoms with Crippen molar-refractivity contribution in [3.63, 3.8) is 0 Å². The quantitative estimate of drug-likeness (QED) is 0.700. The molecule has 1 rings (SSSR count). The summed E-state index contributed by atoms with van der Waals surface area (Å²) in [4.78, 5) is 13.9. The third-order valence-electron chi connectivity index (χ3n) is 2.81. The molecule has 3 atom stereocenters. The number of halogens is 1. The molecule has 0 aliphatic carbocycles. The minimum Gasteiger partial charge on any atom is -0.341 e. The molecule has 2 nitrogen and oxygen atoms in total. The Labute approximate surface area is 95.2 Å². The summed E-state index contributed by atoms with van der Waals surface area (Å²) >= 11 is 3.43. The molecular formula is C11H20BrNO. The van der Waals surface area contributed by atoms with E-state index in [1.165, 1.54) is 6.42 Å². The van der Waals surface area contributed by atoms with Crippen molar-refractivity contribution in [1.82, 2.24) is 4.90 Å². The Morgan fingerprint density at radius 3 is 2.36 bits per heavy atom. The zero-order valence-corrected chi connectivity index (χ0v) is 10.9. The molecule has 0 aromatic carbocycles. The second kappa shape index (κ2) is 5.15. The summed E-state index contributed by atoms with van der Waals surface area (Å²) in [6, 6.07) is 0. The summed E-state index contributed by atoms with van der Waals surface area (Å²) in [5.74, 6) is 1.57. The highest BCUT2D eigenvalue weighted by atomic mass is 79.9. The van der Waals surface area contributed by atoms with E-state index < -0.39 is 0 Å². The van der Waals surface area contributed by atoms with Crippen LogP contribution >= 0.6 is 15.9 Å². The Kier molecular flexibility index (Phi) is 4.42. The maximum Gasteiger partial charge on any atom is 0.236 e. The van der Waals surface area contributed by atoms with E-state index in [4.69, 9.17) is 0 Å². The zero-order chi connectivity index (χ0) is 10.7. The smallest absolute Gasteiger partial charge is 0.236 e. The molecule has 1 fully saturated rings. The summed E-state index contributed by atoms with van der Waals surface area (Å²) < 4.78 is 0. The Hall–Kier alpha value is -0.0500. The lowest BCUT2D eigenvalue weighted by Crippen LogP contribution is -2.45. The number of nitrogens with zero attached hydrogens (tertiary/aromatic N) is 1. The van der Waals surface area contributed by atoms with Crippen LogP contribution in [0.1, 0.15) is 33.6 Å². The fourth-order valence-electron chi connectivity index (χ4n) is 2.22. The summed E-state index contributed by atoms with van der Waals surface area (Å²) in [5, 5.41) is 0. The Bertz CT molecular complexity index is 197. The number of alkyl halides is 1. The van der Waals surface area contributed by atoms with Gasteiger partial charge in [0.15, 0.2) is 0 Å². The van der Waals surface area contributed by atoms with Crippen LogP contribution in [0.3, 0.4) is 0 Å². The number of rotatable bonds is 2. The van der Waals surface area contributed by atoms with Gasteiger partial charge in [0.25, 0.3) is 0 Å². The molecule has 0 spiro atoms. The van der Waals surface area contributed by atoms with Gasteiger partial charge >= 0.3 is 0 Å². The number of likely N-dealkylation sites (tertiary alicyclic amines) is 1. The highest BCUT2D eigenvalue weighted by Crippen LogP contribution is 2.22. The molecule has 0 bridgehead atoms. The van der Waals surface area contributed by atoms with Gasteiger partial charge in [0.1, 0.15) is 0 Å². The van der Waals surface area contributed by atoms with E-state index in [9.17, 15) is 4.79 Å². The molecule has 0 saturated carbocycles. The molecule has 0 aromatic heterocycles. The highest BCUT2D eigenvalue weighted by Gasteiger charge is 2.27. The summed E-state index contributed by atoms with van der Waals surface area (Å²) in [7, 11) is 0. The topological polar surface area (TPSA) is 20.3 Å². The van der Waals surface area contributed by atoms with Crippen LogP contribution in [0, 0.1) is 11.8 Å². The van der Waals surface area contributed by atoms with Gasteiger partial charge in [-0.2, -0.15) is 0 Å². The largest absolute Gasteiger partial charge is 0.341 e.